The van der Waals surface area contributed by atoms with Gasteiger partial charge in [0.1, 0.15) is 17.3 Å². The van der Waals surface area contributed by atoms with Crippen LogP contribution in [0.5, 0.6) is 0 Å². The molecule has 2 aromatic carbocycles. The summed E-state index contributed by atoms with van der Waals surface area (Å²) in [5.41, 5.74) is 5.89. The van der Waals surface area contributed by atoms with Crippen molar-refractivity contribution in [1.82, 2.24) is 0 Å². The molecule has 1 amide bonds. The van der Waals surface area contributed by atoms with Gasteiger partial charge >= 0.3 is 0 Å². The summed E-state index contributed by atoms with van der Waals surface area (Å²) in [6.07, 6.45) is 0. The second-order valence-corrected chi connectivity index (χ2v) is 5.24. The molecular weight excluding hydrogens is 330 g/mol. The van der Waals surface area contributed by atoms with E-state index in [1.54, 1.807) is 12.1 Å². The van der Waals surface area contributed by atoms with E-state index in [9.17, 15) is 13.6 Å². The second kappa shape index (κ2) is 5.58. The van der Waals surface area contributed by atoms with E-state index in [0.29, 0.717) is 5.69 Å². The SMILES string of the molecule is Cc1cc(Br)cc(NC(=O)c2cc(F)c(N)c(F)c2)c1. The van der Waals surface area contributed by atoms with Crippen LogP contribution in [0, 0.1) is 18.6 Å². The van der Waals surface area contributed by atoms with Crippen molar-refractivity contribution < 1.29 is 13.6 Å². The van der Waals surface area contributed by atoms with Gasteiger partial charge in [-0.2, -0.15) is 0 Å². The molecule has 0 aliphatic rings. The van der Waals surface area contributed by atoms with Gasteiger partial charge < -0.3 is 11.1 Å². The largest absolute Gasteiger partial charge is 0.394 e. The fourth-order valence-electron chi connectivity index (χ4n) is 1.73. The summed E-state index contributed by atoms with van der Waals surface area (Å²) in [6.45, 7) is 1.86. The van der Waals surface area contributed by atoms with E-state index >= 15 is 0 Å². The normalized spacial score (nSPS) is 10.4. The molecule has 0 unspecified atom stereocenters. The van der Waals surface area contributed by atoms with Crippen LogP contribution in [-0.4, -0.2) is 5.91 Å². The van der Waals surface area contributed by atoms with Crippen LogP contribution in [0.4, 0.5) is 20.2 Å². The number of anilines is 2. The predicted octanol–water partition coefficient (Wildman–Crippen LogP) is 3.87. The van der Waals surface area contributed by atoms with Gasteiger partial charge in [-0.05, 0) is 42.8 Å². The number of amides is 1. The quantitative estimate of drug-likeness (QED) is 0.815. The molecule has 0 aliphatic heterocycles. The van der Waals surface area contributed by atoms with Crippen LogP contribution in [0.15, 0.2) is 34.8 Å². The molecule has 6 heteroatoms. The van der Waals surface area contributed by atoms with Crippen molar-refractivity contribution in [3.63, 3.8) is 0 Å². The highest BCUT2D eigenvalue weighted by Gasteiger charge is 2.13. The Balaban J connectivity index is 2.28. The number of hydrogen-bond donors (Lipinski definition) is 2. The predicted molar refractivity (Wildman–Crippen MR) is 77.6 cm³/mol. The Kier molecular flexibility index (Phi) is 4.04. The molecule has 0 spiro atoms. The molecule has 3 nitrogen and oxygen atoms in total. The topological polar surface area (TPSA) is 55.1 Å². The van der Waals surface area contributed by atoms with E-state index in [-0.39, 0.29) is 5.56 Å². The molecule has 20 heavy (non-hydrogen) atoms. The number of halogens is 3. The number of rotatable bonds is 2. The van der Waals surface area contributed by atoms with Crippen LogP contribution in [0.1, 0.15) is 15.9 Å². The zero-order valence-electron chi connectivity index (χ0n) is 10.5. The molecular formula is C14H11BrF2N2O. The third-order valence-corrected chi connectivity index (χ3v) is 3.10. The Hall–Kier alpha value is -1.95. The average molecular weight is 341 g/mol. The van der Waals surface area contributed by atoms with E-state index in [0.717, 1.165) is 22.2 Å². The molecule has 0 aromatic heterocycles. The van der Waals surface area contributed by atoms with Crippen LogP contribution < -0.4 is 11.1 Å². The van der Waals surface area contributed by atoms with Crippen LogP contribution in [-0.2, 0) is 0 Å². The minimum absolute atomic E-state index is 0.133. The van der Waals surface area contributed by atoms with Gasteiger partial charge in [0.25, 0.3) is 5.91 Å². The molecule has 3 N–H and O–H groups in total. The molecule has 0 bridgehead atoms. The smallest absolute Gasteiger partial charge is 0.255 e. The first-order valence-electron chi connectivity index (χ1n) is 5.70. The Labute approximate surface area is 122 Å². The highest BCUT2D eigenvalue weighted by atomic mass is 79.9. The third kappa shape index (κ3) is 3.14. The Morgan fingerprint density at radius 2 is 1.75 bits per heavy atom. The number of nitrogens with two attached hydrogens (primary N) is 1. The maximum atomic E-state index is 13.3. The van der Waals surface area contributed by atoms with E-state index in [1.165, 1.54) is 0 Å². The lowest BCUT2D eigenvalue weighted by atomic mass is 10.1. The van der Waals surface area contributed by atoms with Gasteiger partial charge in [0.15, 0.2) is 0 Å². The molecule has 0 fully saturated rings. The molecule has 0 radical (unpaired) electrons. The van der Waals surface area contributed by atoms with Gasteiger partial charge in [-0.3, -0.25) is 4.79 Å². The van der Waals surface area contributed by atoms with Crippen LogP contribution >= 0.6 is 15.9 Å². The maximum Gasteiger partial charge on any atom is 0.255 e. The monoisotopic (exact) mass is 340 g/mol. The van der Waals surface area contributed by atoms with E-state index < -0.39 is 23.2 Å². The zero-order valence-corrected chi connectivity index (χ0v) is 12.1. The van der Waals surface area contributed by atoms with Crippen molar-refractivity contribution in [2.45, 2.75) is 6.92 Å². The first kappa shape index (κ1) is 14.5. The first-order chi connectivity index (χ1) is 9.36. The van der Waals surface area contributed by atoms with Crippen molar-refractivity contribution >= 4 is 33.2 Å². The summed E-state index contributed by atoms with van der Waals surface area (Å²) in [5.74, 6) is -2.53. The Morgan fingerprint density at radius 1 is 1.15 bits per heavy atom. The summed E-state index contributed by atoms with van der Waals surface area (Å²) >= 11 is 3.30. The van der Waals surface area contributed by atoms with Gasteiger partial charge in [0.05, 0.1) is 0 Å². The fraction of sp³-hybridized carbons (Fsp3) is 0.0714. The number of carbonyl (C=O) groups excluding carboxylic acids is 1. The number of nitrogens with one attached hydrogen (secondary N) is 1. The van der Waals surface area contributed by atoms with E-state index in [4.69, 9.17) is 5.73 Å². The van der Waals surface area contributed by atoms with Crippen molar-refractivity contribution in [3.8, 4) is 0 Å². The van der Waals surface area contributed by atoms with Crippen molar-refractivity contribution in [2.75, 3.05) is 11.1 Å². The van der Waals surface area contributed by atoms with Gasteiger partial charge in [0, 0.05) is 15.7 Å². The van der Waals surface area contributed by atoms with Gasteiger partial charge in [-0.1, -0.05) is 15.9 Å². The number of aryl methyl sites for hydroxylation is 1. The van der Waals surface area contributed by atoms with E-state index in [1.807, 2.05) is 13.0 Å². The summed E-state index contributed by atoms with van der Waals surface area (Å²) in [6, 6.07) is 7.11. The summed E-state index contributed by atoms with van der Waals surface area (Å²) < 4.78 is 27.4. The summed E-state index contributed by atoms with van der Waals surface area (Å²) in [7, 11) is 0. The highest BCUT2D eigenvalue weighted by Crippen LogP contribution is 2.21. The number of hydrogen-bond acceptors (Lipinski definition) is 2. The van der Waals surface area contributed by atoms with Crippen LogP contribution in [0.3, 0.4) is 0 Å². The van der Waals surface area contributed by atoms with Gasteiger partial charge in [-0.25, -0.2) is 8.78 Å². The Morgan fingerprint density at radius 3 is 2.30 bits per heavy atom. The van der Waals surface area contributed by atoms with Crippen molar-refractivity contribution in [1.29, 1.82) is 0 Å². The molecule has 104 valence electrons. The molecule has 0 aliphatic carbocycles. The minimum atomic E-state index is -0.958. The summed E-state index contributed by atoms with van der Waals surface area (Å²) in [4.78, 5) is 12.0. The van der Waals surface area contributed by atoms with Crippen molar-refractivity contribution in [3.05, 3.63) is 57.6 Å². The van der Waals surface area contributed by atoms with Crippen molar-refractivity contribution in [2.24, 2.45) is 0 Å². The van der Waals surface area contributed by atoms with E-state index in [2.05, 4.69) is 21.2 Å². The maximum absolute atomic E-state index is 13.3. The first-order valence-corrected chi connectivity index (χ1v) is 6.49. The molecule has 0 saturated carbocycles. The second-order valence-electron chi connectivity index (χ2n) is 4.32. The molecule has 2 aromatic rings. The molecule has 2 rings (SSSR count). The van der Waals surface area contributed by atoms with Gasteiger partial charge in [0.2, 0.25) is 0 Å². The summed E-state index contributed by atoms with van der Waals surface area (Å²) in [5, 5.41) is 2.57. The van der Waals surface area contributed by atoms with Crippen LogP contribution in [0.2, 0.25) is 0 Å². The fourth-order valence-corrected chi connectivity index (χ4v) is 2.33. The standard InChI is InChI=1S/C14H11BrF2N2O/c1-7-2-9(15)6-10(3-7)19-14(20)8-4-11(16)13(18)12(17)5-8/h2-6H,18H2,1H3,(H,19,20). The third-order valence-electron chi connectivity index (χ3n) is 2.64. The minimum Gasteiger partial charge on any atom is -0.394 e. The zero-order chi connectivity index (χ0) is 14.9. The van der Waals surface area contributed by atoms with Gasteiger partial charge in [-0.15, -0.1) is 0 Å². The van der Waals surface area contributed by atoms with Crippen LogP contribution in [0.25, 0.3) is 0 Å². The average Bonchev–Trinajstić information content (AvgIpc) is 2.33. The Bertz CT molecular complexity index is 646. The highest BCUT2D eigenvalue weighted by molar-refractivity contribution is 9.10. The lowest BCUT2D eigenvalue weighted by Gasteiger charge is -2.08. The molecule has 0 atom stereocenters. The number of carbonyl (C=O) groups is 1. The lowest BCUT2D eigenvalue weighted by molar-refractivity contribution is 0.102. The molecule has 0 heterocycles. The lowest BCUT2D eigenvalue weighted by Crippen LogP contribution is -2.13. The number of nitrogen functional groups attached to an aromatic ring is 1. The number of benzene rings is 2. The molecule has 0 saturated heterocycles.